The van der Waals surface area contributed by atoms with E-state index in [1.807, 2.05) is 24.3 Å². The normalized spacial score (nSPS) is 11.3. The number of benzene rings is 4. The molecule has 0 unspecified atom stereocenters. The fourth-order valence-corrected chi connectivity index (χ4v) is 5.32. The Kier molecular flexibility index (Phi) is 4.55. The van der Waals surface area contributed by atoms with Crippen molar-refractivity contribution < 1.29 is 0 Å². The van der Waals surface area contributed by atoms with E-state index in [-0.39, 0.29) is 0 Å². The Balaban J connectivity index is 1.40. The van der Waals surface area contributed by atoms with Crippen molar-refractivity contribution in [3.8, 4) is 33.8 Å². The maximum Gasteiger partial charge on any atom is 0.160 e. The molecule has 0 bridgehead atoms. The van der Waals surface area contributed by atoms with E-state index in [0.717, 1.165) is 28.3 Å². The highest BCUT2D eigenvalue weighted by molar-refractivity contribution is 7.25. The van der Waals surface area contributed by atoms with Gasteiger partial charge in [-0.1, -0.05) is 84.9 Å². The van der Waals surface area contributed by atoms with Crippen molar-refractivity contribution in [2.24, 2.45) is 0 Å². The fourth-order valence-electron chi connectivity index (χ4n) is 4.17. The maximum atomic E-state index is 4.93. The van der Waals surface area contributed by atoms with Crippen molar-refractivity contribution in [3.63, 3.8) is 0 Å². The summed E-state index contributed by atoms with van der Waals surface area (Å²) in [5.41, 5.74) is 6.47. The summed E-state index contributed by atoms with van der Waals surface area (Å²) >= 11 is 1.83. The van der Waals surface area contributed by atoms with E-state index in [1.54, 1.807) is 0 Å². The molecular formula is C29H20N2S. The highest BCUT2D eigenvalue weighted by Gasteiger charge is 2.10. The minimum atomic E-state index is 0.760. The van der Waals surface area contributed by atoms with E-state index in [2.05, 4.69) is 97.1 Å². The van der Waals surface area contributed by atoms with Crippen LogP contribution in [0.1, 0.15) is 5.69 Å². The molecule has 2 heterocycles. The summed E-state index contributed by atoms with van der Waals surface area (Å²) in [5.74, 6) is 0.760. The Bertz CT molecular complexity index is 1560. The van der Waals surface area contributed by atoms with Gasteiger partial charge in [0.25, 0.3) is 0 Å². The third-order valence-corrected chi connectivity index (χ3v) is 6.91. The Labute approximate surface area is 190 Å². The highest BCUT2D eigenvalue weighted by atomic mass is 32.1. The van der Waals surface area contributed by atoms with Gasteiger partial charge in [0.15, 0.2) is 5.82 Å². The molecule has 2 aromatic heterocycles. The van der Waals surface area contributed by atoms with Gasteiger partial charge in [0, 0.05) is 37.0 Å². The second-order valence-electron chi connectivity index (χ2n) is 7.97. The van der Waals surface area contributed by atoms with Crippen molar-refractivity contribution >= 4 is 31.5 Å². The van der Waals surface area contributed by atoms with Crippen LogP contribution in [0, 0.1) is 6.92 Å². The number of fused-ring (bicyclic) bond motifs is 3. The first kappa shape index (κ1) is 18.9. The molecule has 2 nitrogen and oxygen atoms in total. The summed E-state index contributed by atoms with van der Waals surface area (Å²) in [7, 11) is 0. The van der Waals surface area contributed by atoms with Gasteiger partial charge >= 0.3 is 0 Å². The molecule has 0 saturated heterocycles. The monoisotopic (exact) mass is 428 g/mol. The van der Waals surface area contributed by atoms with Crippen LogP contribution < -0.4 is 0 Å². The average molecular weight is 429 g/mol. The lowest BCUT2D eigenvalue weighted by molar-refractivity contribution is 1.12. The minimum Gasteiger partial charge on any atom is -0.233 e. The second-order valence-corrected chi connectivity index (χ2v) is 9.05. The van der Waals surface area contributed by atoms with E-state index in [1.165, 1.54) is 31.3 Å². The van der Waals surface area contributed by atoms with Crippen molar-refractivity contribution in [1.29, 1.82) is 0 Å². The first-order valence-electron chi connectivity index (χ1n) is 10.7. The molecule has 0 aliphatic rings. The summed E-state index contributed by atoms with van der Waals surface area (Å²) in [6.45, 7) is 2.03. The third-order valence-electron chi connectivity index (χ3n) is 5.78. The van der Waals surface area contributed by atoms with Gasteiger partial charge in [0.2, 0.25) is 0 Å². The standard InChI is InChI=1S/C29H20N2S/c1-19-17-26(23-15-16-25-24-9-5-6-10-27(24)32-28(25)18-23)31-29(30-19)22-13-11-21(12-14-22)20-7-3-2-4-8-20/h2-18H,1H3. The first-order chi connectivity index (χ1) is 15.7. The largest absolute Gasteiger partial charge is 0.233 e. The molecule has 32 heavy (non-hydrogen) atoms. The van der Waals surface area contributed by atoms with Crippen LogP contribution >= 0.6 is 11.3 Å². The molecule has 6 aromatic rings. The van der Waals surface area contributed by atoms with E-state index in [4.69, 9.17) is 9.97 Å². The number of aryl methyl sites for hydroxylation is 1. The summed E-state index contributed by atoms with van der Waals surface area (Å²) in [6.07, 6.45) is 0. The van der Waals surface area contributed by atoms with Crippen molar-refractivity contribution in [2.75, 3.05) is 0 Å². The predicted molar refractivity (Wildman–Crippen MR) is 136 cm³/mol. The molecule has 0 fully saturated rings. The van der Waals surface area contributed by atoms with Crippen LogP contribution in [0.3, 0.4) is 0 Å². The van der Waals surface area contributed by atoms with Gasteiger partial charge in [-0.3, -0.25) is 0 Å². The van der Waals surface area contributed by atoms with Crippen molar-refractivity contribution in [3.05, 3.63) is 109 Å². The lowest BCUT2D eigenvalue weighted by Crippen LogP contribution is -1.95. The quantitative estimate of drug-likeness (QED) is 0.284. The molecule has 0 radical (unpaired) electrons. The molecular weight excluding hydrogens is 408 g/mol. The van der Waals surface area contributed by atoms with Gasteiger partial charge in [-0.2, -0.15) is 0 Å². The van der Waals surface area contributed by atoms with Gasteiger partial charge < -0.3 is 0 Å². The van der Waals surface area contributed by atoms with Crippen LogP contribution in [0.5, 0.6) is 0 Å². The van der Waals surface area contributed by atoms with Gasteiger partial charge in [0.1, 0.15) is 0 Å². The molecule has 0 aliphatic carbocycles. The molecule has 0 N–H and O–H groups in total. The van der Waals surface area contributed by atoms with E-state index >= 15 is 0 Å². The average Bonchev–Trinajstić information content (AvgIpc) is 3.22. The lowest BCUT2D eigenvalue weighted by Gasteiger charge is -2.08. The third kappa shape index (κ3) is 3.37. The summed E-state index contributed by atoms with van der Waals surface area (Å²) < 4.78 is 2.60. The fraction of sp³-hybridized carbons (Fsp3) is 0.0345. The number of thiophene rings is 1. The molecule has 0 atom stereocenters. The first-order valence-corrected chi connectivity index (χ1v) is 11.5. The van der Waals surface area contributed by atoms with Crippen LogP contribution in [0.15, 0.2) is 103 Å². The Hall–Kier alpha value is -3.82. The minimum absolute atomic E-state index is 0.760. The Morgan fingerprint density at radius 1 is 0.531 bits per heavy atom. The molecule has 0 aliphatic heterocycles. The predicted octanol–water partition coefficient (Wildman–Crippen LogP) is 8.15. The SMILES string of the molecule is Cc1cc(-c2ccc3c(c2)sc2ccccc23)nc(-c2ccc(-c3ccccc3)cc2)n1. The molecule has 152 valence electrons. The molecule has 0 amide bonds. The molecule has 4 aromatic carbocycles. The summed E-state index contributed by atoms with van der Waals surface area (Å²) in [6, 6.07) is 36.2. The van der Waals surface area contributed by atoms with Gasteiger partial charge in [-0.15, -0.1) is 11.3 Å². The Morgan fingerprint density at radius 2 is 1.19 bits per heavy atom. The van der Waals surface area contributed by atoms with Gasteiger partial charge in [-0.05, 0) is 36.2 Å². The van der Waals surface area contributed by atoms with Crippen LogP contribution in [-0.2, 0) is 0 Å². The topological polar surface area (TPSA) is 25.8 Å². The van der Waals surface area contributed by atoms with E-state index < -0.39 is 0 Å². The number of nitrogens with zero attached hydrogens (tertiary/aromatic N) is 2. The zero-order valence-corrected chi connectivity index (χ0v) is 18.4. The summed E-state index contributed by atoms with van der Waals surface area (Å²) in [5, 5.41) is 2.62. The number of rotatable bonds is 3. The second kappa shape index (κ2) is 7.70. The lowest BCUT2D eigenvalue weighted by atomic mass is 10.0. The highest BCUT2D eigenvalue weighted by Crippen LogP contribution is 2.36. The number of hydrogen-bond donors (Lipinski definition) is 0. The summed E-state index contributed by atoms with van der Waals surface area (Å²) in [4.78, 5) is 9.65. The Morgan fingerprint density at radius 3 is 2.03 bits per heavy atom. The molecule has 0 spiro atoms. The zero-order valence-electron chi connectivity index (χ0n) is 17.6. The van der Waals surface area contributed by atoms with Crippen LogP contribution in [0.2, 0.25) is 0 Å². The van der Waals surface area contributed by atoms with E-state index in [9.17, 15) is 0 Å². The number of aromatic nitrogens is 2. The number of hydrogen-bond acceptors (Lipinski definition) is 3. The smallest absolute Gasteiger partial charge is 0.160 e. The van der Waals surface area contributed by atoms with Crippen molar-refractivity contribution in [1.82, 2.24) is 9.97 Å². The van der Waals surface area contributed by atoms with E-state index in [0.29, 0.717) is 0 Å². The zero-order chi connectivity index (χ0) is 21.5. The van der Waals surface area contributed by atoms with Gasteiger partial charge in [0.05, 0.1) is 5.69 Å². The molecule has 0 saturated carbocycles. The van der Waals surface area contributed by atoms with Gasteiger partial charge in [-0.25, -0.2) is 9.97 Å². The van der Waals surface area contributed by atoms with Crippen LogP contribution in [0.4, 0.5) is 0 Å². The van der Waals surface area contributed by atoms with Crippen LogP contribution in [0.25, 0.3) is 53.9 Å². The van der Waals surface area contributed by atoms with Crippen LogP contribution in [-0.4, -0.2) is 9.97 Å². The molecule has 6 rings (SSSR count). The maximum absolute atomic E-state index is 4.93. The van der Waals surface area contributed by atoms with Crippen molar-refractivity contribution in [2.45, 2.75) is 6.92 Å². The molecule has 3 heteroatoms.